The number of nitrogens with zero attached hydrogens (tertiary/aromatic N) is 2. The Balaban J connectivity index is 2.39. The lowest BCUT2D eigenvalue weighted by molar-refractivity contribution is -0.139. The van der Waals surface area contributed by atoms with Gasteiger partial charge in [-0.25, -0.2) is 8.42 Å². The summed E-state index contributed by atoms with van der Waals surface area (Å²) in [5, 5.41) is 2.92. The topological polar surface area (TPSA) is 86.8 Å². The monoisotopic (exact) mass is 551 g/mol. The fourth-order valence-corrected chi connectivity index (χ4v) is 4.43. The number of amides is 2. The normalized spacial score (nSPS) is 13.1. The van der Waals surface area contributed by atoms with E-state index in [4.69, 9.17) is 0 Å². The van der Waals surface area contributed by atoms with Crippen LogP contribution in [0.3, 0.4) is 0 Å². The van der Waals surface area contributed by atoms with Gasteiger partial charge in [0.15, 0.2) is 0 Å². The van der Waals surface area contributed by atoms with Gasteiger partial charge in [0, 0.05) is 17.1 Å². The first-order valence-corrected chi connectivity index (χ1v) is 13.9. The van der Waals surface area contributed by atoms with E-state index in [0.29, 0.717) is 5.69 Å². The number of rotatable bonds is 10. The highest BCUT2D eigenvalue weighted by Gasteiger charge is 2.30. The molecule has 186 valence electrons. The first kappa shape index (κ1) is 27.9. The summed E-state index contributed by atoms with van der Waals surface area (Å²) >= 11 is 3.40. The number of hydrogen-bond acceptors (Lipinski definition) is 4. The molecule has 0 heterocycles. The average molecular weight is 553 g/mol. The lowest BCUT2D eigenvalue weighted by atomic mass is 10.1. The summed E-state index contributed by atoms with van der Waals surface area (Å²) in [5.74, 6) is -0.740. The van der Waals surface area contributed by atoms with E-state index < -0.39 is 28.5 Å². The molecule has 2 atom stereocenters. The molecule has 0 aliphatic heterocycles. The molecule has 0 aliphatic carbocycles. The molecule has 0 unspecified atom stereocenters. The fourth-order valence-electron chi connectivity index (χ4n) is 3.33. The van der Waals surface area contributed by atoms with E-state index in [1.807, 2.05) is 58.0 Å². The van der Waals surface area contributed by atoms with Crippen LogP contribution in [0.5, 0.6) is 0 Å². The van der Waals surface area contributed by atoms with Crippen molar-refractivity contribution >= 4 is 43.5 Å². The quantitative estimate of drug-likeness (QED) is 0.480. The lowest BCUT2D eigenvalue weighted by Gasteiger charge is -2.32. The van der Waals surface area contributed by atoms with Crippen molar-refractivity contribution in [1.29, 1.82) is 0 Å². The second-order valence-corrected chi connectivity index (χ2v) is 11.5. The zero-order chi connectivity index (χ0) is 25.6. The van der Waals surface area contributed by atoms with Gasteiger partial charge in [0.1, 0.15) is 12.6 Å². The first-order chi connectivity index (χ1) is 15.8. The van der Waals surface area contributed by atoms with Gasteiger partial charge >= 0.3 is 0 Å². The molecule has 0 aliphatic rings. The highest BCUT2D eigenvalue weighted by Crippen LogP contribution is 2.22. The standard InChI is InChI=1S/C25H34BrN3O4S/c1-7-19(4)27-25(31)20(5)28(15-21-9-11-22(26)12-10-21)24(30)16-29(34(6,32)33)23-13-8-17(2)18(3)14-23/h8-14,19-20H,7,15-16H2,1-6H3,(H,27,31)/t19-,20-/m0/s1. The number of hydrogen-bond donors (Lipinski definition) is 1. The first-order valence-electron chi connectivity index (χ1n) is 11.2. The van der Waals surface area contributed by atoms with E-state index in [2.05, 4.69) is 21.2 Å². The van der Waals surface area contributed by atoms with Crippen molar-refractivity contribution in [3.63, 3.8) is 0 Å². The molecule has 34 heavy (non-hydrogen) atoms. The molecule has 2 rings (SSSR count). The zero-order valence-electron chi connectivity index (χ0n) is 20.6. The third kappa shape index (κ3) is 7.56. The van der Waals surface area contributed by atoms with Crippen LogP contribution in [0.15, 0.2) is 46.9 Å². The number of nitrogens with one attached hydrogen (secondary N) is 1. The molecule has 2 aromatic rings. The van der Waals surface area contributed by atoms with Crippen molar-refractivity contribution in [3.8, 4) is 0 Å². The molecule has 2 amide bonds. The van der Waals surface area contributed by atoms with Crippen molar-refractivity contribution < 1.29 is 18.0 Å². The van der Waals surface area contributed by atoms with Crippen LogP contribution in [-0.2, 0) is 26.2 Å². The summed E-state index contributed by atoms with van der Waals surface area (Å²) in [4.78, 5) is 27.9. The summed E-state index contributed by atoms with van der Waals surface area (Å²) in [6, 6.07) is 11.9. The van der Waals surface area contributed by atoms with Gasteiger partial charge in [-0.3, -0.25) is 13.9 Å². The van der Waals surface area contributed by atoms with Crippen molar-refractivity contribution in [1.82, 2.24) is 10.2 Å². The SMILES string of the molecule is CC[C@H](C)NC(=O)[C@H](C)N(Cc1ccc(Br)cc1)C(=O)CN(c1ccc(C)c(C)c1)S(C)(=O)=O. The van der Waals surface area contributed by atoms with E-state index in [1.165, 1.54) is 4.90 Å². The maximum Gasteiger partial charge on any atom is 0.244 e. The Morgan fingerprint density at radius 3 is 2.18 bits per heavy atom. The van der Waals surface area contributed by atoms with Gasteiger partial charge in [0.2, 0.25) is 21.8 Å². The average Bonchev–Trinajstić information content (AvgIpc) is 2.77. The lowest BCUT2D eigenvalue weighted by Crippen LogP contribution is -2.52. The molecular weight excluding hydrogens is 518 g/mol. The molecule has 0 radical (unpaired) electrons. The van der Waals surface area contributed by atoms with E-state index in [9.17, 15) is 18.0 Å². The highest BCUT2D eigenvalue weighted by atomic mass is 79.9. The third-order valence-electron chi connectivity index (χ3n) is 5.89. The molecule has 7 nitrogen and oxygen atoms in total. The molecule has 0 fully saturated rings. The summed E-state index contributed by atoms with van der Waals surface area (Å²) in [7, 11) is -3.74. The van der Waals surface area contributed by atoms with Crippen LogP contribution in [0, 0.1) is 13.8 Å². The Kier molecular flexibility index (Phi) is 9.70. The summed E-state index contributed by atoms with van der Waals surface area (Å²) in [5.41, 5.74) is 3.19. The fraction of sp³-hybridized carbons (Fsp3) is 0.440. The van der Waals surface area contributed by atoms with E-state index in [-0.39, 0.29) is 18.5 Å². The number of sulfonamides is 1. The summed E-state index contributed by atoms with van der Waals surface area (Å²) in [6.07, 6.45) is 1.83. The predicted molar refractivity (Wildman–Crippen MR) is 140 cm³/mol. The van der Waals surface area contributed by atoms with Crippen LogP contribution in [0.2, 0.25) is 0 Å². The predicted octanol–water partition coefficient (Wildman–Crippen LogP) is 4.16. The number of anilines is 1. The minimum absolute atomic E-state index is 0.0392. The number of benzene rings is 2. The summed E-state index contributed by atoms with van der Waals surface area (Å²) in [6.45, 7) is 9.12. The van der Waals surface area contributed by atoms with Crippen molar-refractivity contribution in [2.45, 2.75) is 59.7 Å². The maximum atomic E-state index is 13.5. The van der Waals surface area contributed by atoms with E-state index in [0.717, 1.165) is 38.1 Å². The van der Waals surface area contributed by atoms with Gasteiger partial charge in [0.25, 0.3) is 0 Å². The Morgan fingerprint density at radius 2 is 1.65 bits per heavy atom. The smallest absolute Gasteiger partial charge is 0.244 e. The Hall–Kier alpha value is -2.39. The van der Waals surface area contributed by atoms with Gasteiger partial charge in [-0.2, -0.15) is 0 Å². The van der Waals surface area contributed by atoms with Gasteiger partial charge in [0.05, 0.1) is 11.9 Å². The largest absolute Gasteiger partial charge is 0.352 e. The zero-order valence-corrected chi connectivity index (χ0v) is 23.0. The van der Waals surface area contributed by atoms with Crippen LogP contribution >= 0.6 is 15.9 Å². The molecular formula is C25H34BrN3O4S. The van der Waals surface area contributed by atoms with Crippen LogP contribution in [0.25, 0.3) is 0 Å². The van der Waals surface area contributed by atoms with E-state index in [1.54, 1.807) is 19.1 Å². The molecule has 0 spiro atoms. The second-order valence-electron chi connectivity index (χ2n) is 8.68. The Morgan fingerprint density at radius 1 is 1.03 bits per heavy atom. The van der Waals surface area contributed by atoms with Crippen LogP contribution in [0.4, 0.5) is 5.69 Å². The maximum absolute atomic E-state index is 13.5. The minimum atomic E-state index is -3.74. The number of halogens is 1. The van der Waals surface area contributed by atoms with Crippen LogP contribution in [-0.4, -0.2) is 50.0 Å². The Labute approximate surface area is 211 Å². The van der Waals surface area contributed by atoms with Crippen molar-refractivity contribution in [2.24, 2.45) is 0 Å². The molecule has 1 N–H and O–H groups in total. The second kappa shape index (κ2) is 11.8. The van der Waals surface area contributed by atoms with Crippen LogP contribution < -0.4 is 9.62 Å². The van der Waals surface area contributed by atoms with Gasteiger partial charge in [-0.1, -0.05) is 41.1 Å². The van der Waals surface area contributed by atoms with Crippen molar-refractivity contribution in [2.75, 3.05) is 17.1 Å². The van der Waals surface area contributed by atoms with Gasteiger partial charge in [-0.05, 0) is 75.1 Å². The molecule has 0 aromatic heterocycles. The minimum Gasteiger partial charge on any atom is -0.352 e. The molecule has 9 heteroatoms. The van der Waals surface area contributed by atoms with Gasteiger partial charge in [-0.15, -0.1) is 0 Å². The van der Waals surface area contributed by atoms with Gasteiger partial charge < -0.3 is 10.2 Å². The highest BCUT2D eigenvalue weighted by molar-refractivity contribution is 9.10. The molecule has 0 saturated heterocycles. The molecule has 0 bridgehead atoms. The third-order valence-corrected chi connectivity index (χ3v) is 7.56. The molecule has 2 aromatic carbocycles. The van der Waals surface area contributed by atoms with Crippen LogP contribution in [0.1, 0.15) is 43.9 Å². The van der Waals surface area contributed by atoms with E-state index >= 15 is 0 Å². The Bertz CT molecular complexity index is 1120. The number of carbonyl (C=O) groups excluding carboxylic acids is 2. The van der Waals surface area contributed by atoms with Crippen molar-refractivity contribution in [3.05, 3.63) is 63.6 Å². The number of aryl methyl sites for hydroxylation is 2. The molecule has 0 saturated carbocycles. The summed E-state index contributed by atoms with van der Waals surface area (Å²) < 4.78 is 27.3. The number of carbonyl (C=O) groups is 2.